The fourth-order valence-corrected chi connectivity index (χ4v) is 3.45. The van der Waals surface area contributed by atoms with E-state index in [-0.39, 0.29) is 11.5 Å². The molecule has 1 aromatic rings. The van der Waals surface area contributed by atoms with Crippen LogP contribution in [0.25, 0.3) is 0 Å². The molecule has 0 fully saturated rings. The number of hydrogen-bond donors (Lipinski definition) is 2. The van der Waals surface area contributed by atoms with E-state index < -0.39 is 5.60 Å². The number of phenols is 2. The smallest absolute Gasteiger partial charge is 0.293 e. The lowest BCUT2D eigenvalue weighted by atomic mass is 9.89. The summed E-state index contributed by atoms with van der Waals surface area (Å²) in [7, 11) is 0. The van der Waals surface area contributed by atoms with Crippen LogP contribution in [-0.2, 0) is 22.4 Å². The Morgan fingerprint density at radius 1 is 0.786 bits per heavy atom. The van der Waals surface area contributed by atoms with E-state index in [0.29, 0.717) is 11.9 Å². The minimum Gasteiger partial charge on any atom is -0.504 e. The Balaban J connectivity index is 2.39. The van der Waals surface area contributed by atoms with E-state index in [2.05, 4.69) is 20.8 Å². The lowest BCUT2D eigenvalue weighted by Gasteiger charge is -2.22. The predicted octanol–water partition coefficient (Wildman–Crippen LogP) is 6.30. The van der Waals surface area contributed by atoms with Gasteiger partial charge in [0.25, 0.3) is 6.47 Å². The topological polar surface area (TPSA) is 66.8 Å². The quantitative estimate of drug-likeness (QED) is 0.235. The summed E-state index contributed by atoms with van der Waals surface area (Å²) >= 11 is 0. The van der Waals surface area contributed by atoms with Crippen LogP contribution < -0.4 is 0 Å². The molecule has 0 unspecified atom stereocenters. The van der Waals surface area contributed by atoms with Gasteiger partial charge in [-0.05, 0) is 75.3 Å². The van der Waals surface area contributed by atoms with Crippen LogP contribution in [0.2, 0.25) is 0 Å². The van der Waals surface area contributed by atoms with Crippen LogP contribution in [0.15, 0.2) is 12.1 Å². The van der Waals surface area contributed by atoms with Crippen LogP contribution in [0, 0.1) is 5.41 Å². The molecule has 0 heterocycles. The van der Waals surface area contributed by atoms with Crippen molar-refractivity contribution < 1.29 is 19.7 Å². The lowest BCUT2D eigenvalue weighted by molar-refractivity contribution is -0.140. The summed E-state index contributed by atoms with van der Waals surface area (Å²) in [5.74, 6) is 0.0886. The first-order valence-corrected chi connectivity index (χ1v) is 10.7. The second kappa shape index (κ2) is 11.3. The number of ether oxygens (including phenoxy) is 1. The minimum atomic E-state index is -0.420. The molecule has 28 heavy (non-hydrogen) atoms. The van der Waals surface area contributed by atoms with Crippen molar-refractivity contribution in [3.8, 4) is 11.5 Å². The van der Waals surface area contributed by atoms with Crippen molar-refractivity contribution in [3.05, 3.63) is 23.3 Å². The van der Waals surface area contributed by atoms with E-state index in [4.69, 9.17) is 4.74 Å². The van der Waals surface area contributed by atoms with Crippen molar-refractivity contribution in [3.63, 3.8) is 0 Å². The number of rotatable bonds is 13. The molecule has 0 bridgehead atoms. The molecule has 0 radical (unpaired) electrons. The highest BCUT2D eigenvalue weighted by molar-refractivity contribution is 5.50. The summed E-state index contributed by atoms with van der Waals surface area (Å²) in [6.45, 7) is 11.1. The first kappa shape index (κ1) is 24.3. The molecule has 1 rings (SSSR count). The third-order valence-electron chi connectivity index (χ3n) is 5.28. The van der Waals surface area contributed by atoms with Gasteiger partial charge in [-0.25, -0.2) is 0 Å². The highest BCUT2D eigenvalue weighted by atomic mass is 16.5. The summed E-state index contributed by atoms with van der Waals surface area (Å²) in [5, 5.41) is 20.7. The van der Waals surface area contributed by atoms with Crippen molar-refractivity contribution in [1.82, 2.24) is 0 Å². The number of unbranched alkanes of at least 4 members (excludes halogenated alkanes) is 4. The normalized spacial score (nSPS) is 12.2. The summed E-state index contributed by atoms with van der Waals surface area (Å²) < 4.78 is 5.05. The molecule has 4 heteroatoms. The van der Waals surface area contributed by atoms with Crippen molar-refractivity contribution in [2.45, 2.75) is 104 Å². The Bertz CT molecular complexity index is 599. The van der Waals surface area contributed by atoms with Gasteiger partial charge in [-0.15, -0.1) is 0 Å². The molecule has 0 aliphatic heterocycles. The molecule has 0 aliphatic rings. The average molecular weight is 393 g/mol. The zero-order valence-electron chi connectivity index (χ0n) is 18.5. The second-order valence-corrected chi connectivity index (χ2v) is 9.74. The van der Waals surface area contributed by atoms with Gasteiger partial charge in [0.05, 0.1) is 0 Å². The number of carbonyl (C=O) groups is 1. The van der Waals surface area contributed by atoms with Crippen molar-refractivity contribution in [2.24, 2.45) is 5.41 Å². The van der Waals surface area contributed by atoms with Crippen LogP contribution in [0.5, 0.6) is 11.5 Å². The van der Waals surface area contributed by atoms with Crippen LogP contribution in [-0.4, -0.2) is 22.3 Å². The fourth-order valence-electron chi connectivity index (χ4n) is 3.45. The van der Waals surface area contributed by atoms with Gasteiger partial charge < -0.3 is 14.9 Å². The van der Waals surface area contributed by atoms with Gasteiger partial charge >= 0.3 is 0 Å². The summed E-state index contributed by atoms with van der Waals surface area (Å²) in [6.07, 6.45) is 9.81. The molecule has 0 spiro atoms. The Kier molecular flexibility index (Phi) is 9.84. The van der Waals surface area contributed by atoms with Gasteiger partial charge in [0.15, 0.2) is 11.5 Å². The first-order valence-electron chi connectivity index (χ1n) is 10.7. The third kappa shape index (κ3) is 9.48. The highest BCUT2D eigenvalue weighted by Gasteiger charge is 2.18. The maximum Gasteiger partial charge on any atom is 0.293 e. The van der Waals surface area contributed by atoms with E-state index in [0.717, 1.165) is 62.5 Å². The molecule has 160 valence electrons. The van der Waals surface area contributed by atoms with Crippen molar-refractivity contribution in [1.29, 1.82) is 0 Å². The number of carbonyl (C=O) groups excluding carboxylic acids is 1. The van der Waals surface area contributed by atoms with Crippen molar-refractivity contribution in [2.75, 3.05) is 0 Å². The molecule has 1 aromatic carbocycles. The summed E-state index contributed by atoms with van der Waals surface area (Å²) in [4.78, 5) is 10.5. The van der Waals surface area contributed by atoms with E-state index in [9.17, 15) is 15.0 Å². The zero-order chi connectivity index (χ0) is 21.2. The van der Waals surface area contributed by atoms with Gasteiger partial charge in [0, 0.05) is 0 Å². The number of aryl methyl sites for hydroxylation is 2. The monoisotopic (exact) mass is 392 g/mol. The average Bonchev–Trinajstić information content (AvgIpc) is 2.58. The van der Waals surface area contributed by atoms with Crippen molar-refractivity contribution >= 4 is 6.47 Å². The molecule has 0 aliphatic carbocycles. The largest absolute Gasteiger partial charge is 0.504 e. The summed E-state index contributed by atoms with van der Waals surface area (Å²) in [5.41, 5.74) is 1.60. The second-order valence-electron chi connectivity index (χ2n) is 9.74. The van der Waals surface area contributed by atoms with Gasteiger partial charge in [-0.1, -0.05) is 52.2 Å². The third-order valence-corrected chi connectivity index (χ3v) is 5.28. The van der Waals surface area contributed by atoms with Crippen LogP contribution in [0.1, 0.15) is 97.1 Å². The maximum atomic E-state index is 10.5. The Labute approximate surface area is 171 Å². The first-order chi connectivity index (χ1) is 13.1. The van der Waals surface area contributed by atoms with Gasteiger partial charge in [-0.2, -0.15) is 0 Å². The number of hydrogen-bond acceptors (Lipinski definition) is 4. The number of aromatic hydroxyl groups is 2. The van der Waals surface area contributed by atoms with Crippen LogP contribution >= 0.6 is 0 Å². The van der Waals surface area contributed by atoms with E-state index in [1.807, 2.05) is 26.0 Å². The molecule has 4 nitrogen and oxygen atoms in total. The number of benzene rings is 1. The SMILES string of the molecule is CC(C)(C)CCCCCc1ccc(CCCCCC(C)(C)OC=O)c(O)c1O. The lowest BCUT2D eigenvalue weighted by Crippen LogP contribution is -2.23. The highest BCUT2D eigenvalue weighted by Crippen LogP contribution is 2.35. The zero-order valence-corrected chi connectivity index (χ0v) is 18.5. The van der Waals surface area contributed by atoms with E-state index in [1.165, 1.54) is 12.8 Å². The Morgan fingerprint density at radius 2 is 1.25 bits per heavy atom. The maximum absolute atomic E-state index is 10.5. The van der Waals surface area contributed by atoms with Gasteiger partial charge in [0.2, 0.25) is 0 Å². The molecule has 0 atom stereocenters. The fraction of sp³-hybridized carbons (Fsp3) is 0.708. The molecule has 0 saturated heterocycles. The van der Waals surface area contributed by atoms with Crippen LogP contribution in [0.4, 0.5) is 0 Å². The standard InChI is InChI=1S/C24H40O4/c1-23(2,3)16-10-6-8-12-19-14-15-20(22(27)21(19)26)13-9-7-11-17-24(4,5)28-18-25/h14-15,18,26-27H,6-13,16-17H2,1-5H3. The summed E-state index contributed by atoms with van der Waals surface area (Å²) in [6, 6.07) is 3.90. The molecular formula is C24H40O4. The molecular weight excluding hydrogens is 352 g/mol. The minimum absolute atomic E-state index is 0.0387. The van der Waals surface area contributed by atoms with Gasteiger partial charge in [-0.3, -0.25) is 4.79 Å². The van der Waals surface area contributed by atoms with Crippen LogP contribution in [0.3, 0.4) is 0 Å². The number of phenolic OH excluding ortho intramolecular Hbond substituents is 2. The van der Waals surface area contributed by atoms with E-state index >= 15 is 0 Å². The Morgan fingerprint density at radius 3 is 1.68 bits per heavy atom. The molecule has 0 aromatic heterocycles. The molecule has 0 saturated carbocycles. The Hall–Kier alpha value is -1.71. The molecule has 0 amide bonds. The molecule has 2 N–H and O–H groups in total. The van der Waals surface area contributed by atoms with E-state index in [1.54, 1.807) is 0 Å². The van der Waals surface area contributed by atoms with Gasteiger partial charge in [0.1, 0.15) is 5.60 Å². The predicted molar refractivity (Wildman–Crippen MR) is 115 cm³/mol.